The van der Waals surface area contributed by atoms with Gasteiger partial charge in [0.2, 0.25) is 5.91 Å². The van der Waals surface area contributed by atoms with Gasteiger partial charge in [-0.2, -0.15) is 0 Å². The van der Waals surface area contributed by atoms with E-state index in [0.717, 1.165) is 30.4 Å². The third kappa shape index (κ3) is 5.11. The van der Waals surface area contributed by atoms with Crippen LogP contribution in [0.2, 0.25) is 0 Å². The Bertz CT molecular complexity index is 1220. The molecule has 5 rings (SSSR count). The first-order valence-corrected chi connectivity index (χ1v) is 12.4. The summed E-state index contributed by atoms with van der Waals surface area (Å²) in [6.07, 6.45) is 2.88. The minimum absolute atomic E-state index is 0.0748. The molecule has 1 saturated carbocycles. The lowest BCUT2D eigenvalue weighted by atomic mass is 9.87. The summed E-state index contributed by atoms with van der Waals surface area (Å²) in [7, 11) is 0. The average Bonchev–Trinajstić information content (AvgIpc) is 3.54. The number of rotatable bonds is 7. The van der Waals surface area contributed by atoms with Gasteiger partial charge in [-0.1, -0.05) is 49.7 Å². The molecule has 2 aliphatic rings. The molecular weight excluding hydrogens is 440 g/mol. The van der Waals surface area contributed by atoms with Crippen molar-refractivity contribution in [1.29, 1.82) is 0 Å². The van der Waals surface area contributed by atoms with Crippen molar-refractivity contribution in [1.82, 2.24) is 10.2 Å². The summed E-state index contributed by atoms with van der Waals surface area (Å²) in [5.41, 5.74) is 4.61. The van der Waals surface area contributed by atoms with E-state index in [4.69, 9.17) is 9.15 Å². The van der Waals surface area contributed by atoms with Crippen molar-refractivity contribution in [2.45, 2.75) is 58.7 Å². The molecule has 0 saturated heterocycles. The van der Waals surface area contributed by atoms with Crippen LogP contribution in [-0.4, -0.2) is 29.3 Å². The third-order valence-corrected chi connectivity index (χ3v) is 6.69. The van der Waals surface area contributed by atoms with Gasteiger partial charge in [0.1, 0.15) is 18.1 Å². The van der Waals surface area contributed by atoms with Crippen molar-refractivity contribution in [2.24, 2.45) is 5.92 Å². The van der Waals surface area contributed by atoms with Gasteiger partial charge in [-0.25, -0.2) is 0 Å². The van der Waals surface area contributed by atoms with Crippen LogP contribution in [-0.2, 0) is 17.8 Å². The fraction of sp³-hybridized carbons (Fsp3) is 0.379. The second-order valence-electron chi connectivity index (χ2n) is 9.91. The Hall–Kier alpha value is -3.54. The highest BCUT2D eigenvalue weighted by Gasteiger charge is 2.33. The molecular formula is C29H32N2O4. The molecule has 2 aromatic carbocycles. The van der Waals surface area contributed by atoms with Crippen molar-refractivity contribution >= 4 is 11.8 Å². The SMILES string of the molecule is Cc1ccc(C2c3cc(OCc4ccc(C(=O)NC5CC5)o4)ccc3CCN2C(=O)C(C)C)cc1. The van der Waals surface area contributed by atoms with Crippen molar-refractivity contribution in [3.8, 4) is 5.75 Å². The summed E-state index contributed by atoms with van der Waals surface area (Å²) in [6.45, 7) is 6.88. The zero-order chi connectivity index (χ0) is 24.5. The van der Waals surface area contributed by atoms with Crippen molar-refractivity contribution in [3.05, 3.63) is 88.4 Å². The third-order valence-electron chi connectivity index (χ3n) is 6.69. The maximum absolute atomic E-state index is 13.1. The van der Waals surface area contributed by atoms with E-state index in [1.54, 1.807) is 12.1 Å². The Morgan fingerprint density at radius 1 is 1.09 bits per heavy atom. The molecule has 0 bridgehead atoms. The molecule has 1 aromatic heterocycles. The van der Waals surface area contributed by atoms with E-state index < -0.39 is 0 Å². The van der Waals surface area contributed by atoms with Crippen molar-refractivity contribution in [3.63, 3.8) is 0 Å². The lowest BCUT2D eigenvalue weighted by molar-refractivity contribution is -0.136. The number of hydrogen-bond donors (Lipinski definition) is 1. The summed E-state index contributed by atoms with van der Waals surface area (Å²) in [6, 6.07) is 18.1. The number of hydrogen-bond acceptors (Lipinski definition) is 4. The van der Waals surface area contributed by atoms with E-state index in [-0.39, 0.29) is 36.4 Å². The Morgan fingerprint density at radius 3 is 2.57 bits per heavy atom. The number of ether oxygens (including phenoxy) is 1. The highest BCUT2D eigenvalue weighted by molar-refractivity contribution is 5.91. The zero-order valence-corrected chi connectivity index (χ0v) is 20.5. The first-order valence-electron chi connectivity index (χ1n) is 12.4. The quantitative estimate of drug-likeness (QED) is 0.514. The molecule has 2 heterocycles. The van der Waals surface area contributed by atoms with Crippen molar-refractivity contribution < 1.29 is 18.7 Å². The number of benzene rings is 2. The van der Waals surface area contributed by atoms with Crippen LogP contribution < -0.4 is 10.1 Å². The van der Waals surface area contributed by atoms with E-state index in [2.05, 4.69) is 42.6 Å². The molecule has 6 nitrogen and oxygen atoms in total. The number of aryl methyl sites for hydroxylation is 1. The predicted molar refractivity (Wildman–Crippen MR) is 133 cm³/mol. The molecule has 1 unspecified atom stereocenters. The number of nitrogens with zero attached hydrogens (tertiary/aromatic N) is 1. The minimum Gasteiger partial charge on any atom is -0.486 e. The molecule has 1 aliphatic heterocycles. The van der Waals surface area contributed by atoms with Gasteiger partial charge in [0.05, 0.1) is 6.04 Å². The second-order valence-corrected chi connectivity index (χ2v) is 9.91. The fourth-order valence-corrected chi connectivity index (χ4v) is 4.58. The van der Waals surface area contributed by atoms with Crippen LogP contribution in [0.5, 0.6) is 5.75 Å². The predicted octanol–water partition coefficient (Wildman–Crippen LogP) is 5.19. The number of nitrogens with one attached hydrogen (secondary N) is 1. The van der Waals surface area contributed by atoms with Gasteiger partial charge in [-0.05, 0) is 67.1 Å². The van der Waals surface area contributed by atoms with E-state index in [9.17, 15) is 9.59 Å². The molecule has 2 amide bonds. The highest BCUT2D eigenvalue weighted by atomic mass is 16.5. The van der Waals surface area contributed by atoms with Crippen LogP contribution >= 0.6 is 0 Å². The maximum Gasteiger partial charge on any atom is 0.287 e. The smallest absolute Gasteiger partial charge is 0.287 e. The van der Waals surface area contributed by atoms with E-state index >= 15 is 0 Å². The number of amides is 2. The monoisotopic (exact) mass is 472 g/mol. The normalized spacial score (nSPS) is 17.3. The van der Waals surface area contributed by atoms with E-state index in [0.29, 0.717) is 23.8 Å². The lowest BCUT2D eigenvalue weighted by Gasteiger charge is -2.39. The van der Waals surface area contributed by atoms with Crippen LogP contribution in [0.3, 0.4) is 0 Å². The molecule has 35 heavy (non-hydrogen) atoms. The standard InChI is InChI=1S/C29H32N2O4/c1-18(2)29(33)31-15-14-20-8-11-23(16-25(20)27(31)21-6-4-19(3)5-7-21)34-17-24-12-13-26(35-24)28(32)30-22-9-10-22/h4-8,11-13,16,18,22,27H,9-10,14-15,17H2,1-3H3,(H,30,32). The zero-order valence-electron chi connectivity index (χ0n) is 20.5. The van der Waals surface area contributed by atoms with Gasteiger partial charge < -0.3 is 19.4 Å². The first kappa shape index (κ1) is 23.2. The summed E-state index contributed by atoms with van der Waals surface area (Å²) in [5.74, 6) is 1.51. The van der Waals surface area contributed by atoms with Crippen LogP contribution in [0.4, 0.5) is 0 Å². The van der Waals surface area contributed by atoms with Crippen molar-refractivity contribution in [2.75, 3.05) is 6.54 Å². The molecule has 0 radical (unpaired) electrons. The minimum atomic E-state index is -0.177. The highest BCUT2D eigenvalue weighted by Crippen LogP contribution is 2.38. The Labute approximate surface area is 206 Å². The summed E-state index contributed by atoms with van der Waals surface area (Å²) >= 11 is 0. The van der Waals surface area contributed by atoms with E-state index in [1.165, 1.54) is 11.1 Å². The van der Waals surface area contributed by atoms with Gasteiger partial charge in [0.15, 0.2) is 5.76 Å². The molecule has 182 valence electrons. The topological polar surface area (TPSA) is 71.8 Å². The van der Waals surface area contributed by atoms with E-state index in [1.807, 2.05) is 30.9 Å². The van der Waals surface area contributed by atoms with Gasteiger partial charge >= 0.3 is 0 Å². The van der Waals surface area contributed by atoms with Crippen LogP contribution in [0, 0.1) is 12.8 Å². The number of furan rings is 1. The molecule has 0 spiro atoms. The Kier molecular flexibility index (Phi) is 6.37. The lowest BCUT2D eigenvalue weighted by Crippen LogP contribution is -2.42. The molecule has 1 aliphatic carbocycles. The molecule has 1 atom stereocenters. The number of carbonyl (C=O) groups is 2. The van der Waals surface area contributed by atoms with Gasteiger partial charge in [0.25, 0.3) is 5.91 Å². The fourth-order valence-electron chi connectivity index (χ4n) is 4.58. The molecule has 3 aromatic rings. The largest absolute Gasteiger partial charge is 0.486 e. The Morgan fingerprint density at radius 2 is 1.86 bits per heavy atom. The van der Waals surface area contributed by atoms with Gasteiger partial charge in [-0.3, -0.25) is 9.59 Å². The number of carbonyl (C=O) groups excluding carboxylic acids is 2. The summed E-state index contributed by atoms with van der Waals surface area (Å²) in [4.78, 5) is 27.3. The maximum atomic E-state index is 13.1. The van der Waals surface area contributed by atoms with Gasteiger partial charge in [-0.15, -0.1) is 0 Å². The summed E-state index contributed by atoms with van der Waals surface area (Å²) in [5, 5.41) is 2.93. The van der Waals surface area contributed by atoms with Crippen LogP contribution in [0.25, 0.3) is 0 Å². The molecule has 1 N–H and O–H groups in total. The van der Waals surface area contributed by atoms with Gasteiger partial charge in [0, 0.05) is 18.5 Å². The second kappa shape index (κ2) is 9.61. The Balaban J connectivity index is 1.37. The molecule has 1 fully saturated rings. The average molecular weight is 473 g/mol. The number of fused-ring (bicyclic) bond motifs is 1. The first-order chi connectivity index (χ1) is 16.9. The summed E-state index contributed by atoms with van der Waals surface area (Å²) < 4.78 is 11.8. The molecule has 6 heteroatoms. The van der Waals surface area contributed by atoms with Crippen LogP contribution in [0.1, 0.15) is 71.3 Å². The van der Waals surface area contributed by atoms with Crippen LogP contribution in [0.15, 0.2) is 59.0 Å².